The Morgan fingerprint density at radius 2 is 1.61 bits per heavy atom. The quantitative estimate of drug-likeness (QED) is 0.234. The molecule has 0 saturated carbocycles. The molecule has 0 aromatic carbocycles. The standard InChI is InChI=1S/C34H48N4O6/c1-7-19-15(3)23-12-25-17(5)21(9-10-29(39)40)32(37-25)22(11-30(41)42)33-31(34(43)44)18(6)26(38-33)14-28-20(8-2)16(4)24(36-28)13-27(19)35-23/h7,17,21-23,25-27,32-33,35-38H,1,8-14H2,2-6H3,(H,39,40)(H,41,42)(H,43,44). The average molecular weight is 609 g/mol. The Labute approximate surface area is 259 Å². The molecule has 0 aliphatic carbocycles. The zero-order chi connectivity index (χ0) is 32.0. The molecular weight excluding hydrogens is 560 g/mol. The van der Waals surface area contributed by atoms with E-state index in [1.165, 1.54) is 22.3 Å². The first-order valence-electron chi connectivity index (χ1n) is 16.0. The highest BCUT2D eigenvalue weighted by Crippen LogP contribution is 2.43. The topological polar surface area (TPSA) is 164 Å². The van der Waals surface area contributed by atoms with E-state index >= 15 is 0 Å². The minimum Gasteiger partial charge on any atom is -0.481 e. The third-order valence-electron chi connectivity index (χ3n) is 11.2. The van der Waals surface area contributed by atoms with Crippen LogP contribution in [0.1, 0.15) is 75.9 Å². The van der Waals surface area contributed by atoms with E-state index in [0.717, 1.165) is 36.2 Å². The lowest BCUT2D eigenvalue weighted by Gasteiger charge is -2.34. The first kappa shape index (κ1) is 32.2. The van der Waals surface area contributed by atoms with E-state index in [2.05, 4.69) is 55.2 Å². The molecule has 1 saturated heterocycles. The molecule has 4 aliphatic heterocycles. The molecule has 7 N–H and O–H groups in total. The normalized spacial score (nSPS) is 33.6. The van der Waals surface area contributed by atoms with Gasteiger partial charge in [0.1, 0.15) is 0 Å². The van der Waals surface area contributed by atoms with Gasteiger partial charge in [-0.3, -0.25) is 9.59 Å². The number of fused-ring (bicyclic) bond motifs is 8. The van der Waals surface area contributed by atoms with Crippen molar-refractivity contribution in [1.29, 1.82) is 0 Å². The largest absolute Gasteiger partial charge is 0.481 e. The van der Waals surface area contributed by atoms with Gasteiger partial charge in [-0.1, -0.05) is 32.1 Å². The highest BCUT2D eigenvalue weighted by atomic mass is 16.4. The highest BCUT2D eigenvalue weighted by Gasteiger charge is 2.50. The van der Waals surface area contributed by atoms with Crippen molar-refractivity contribution < 1.29 is 29.7 Å². The zero-order valence-corrected chi connectivity index (χ0v) is 26.5. The maximum Gasteiger partial charge on any atom is 0.333 e. The SMILES string of the molecule is C=CC1=C(C)C2CC3NC(C(CC(=O)O)C4NC(Cc5[nH]c(c(C)c5CC)CC1N2)C(C)=C4C(=O)O)C(CCC(=O)O)C3C. The number of rotatable bonds is 8. The van der Waals surface area contributed by atoms with Crippen molar-refractivity contribution in [3.05, 3.63) is 57.5 Å². The number of hydrogen-bond acceptors (Lipinski definition) is 6. The van der Waals surface area contributed by atoms with Gasteiger partial charge in [-0.2, -0.15) is 0 Å². The van der Waals surface area contributed by atoms with Crippen LogP contribution in [-0.2, 0) is 33.6 Å². The maximum atomic E-state index is 12.8. The molecule has 0 amide bonds. The third-order valence-corrected chi connectivity index (χ3v) is 11.2. The summed E-state index contributed by atoms with van der Waals surface area (Å²) >= 11 is 0. The smallest absolute Gasteiger partial charge is 0.333 e. The van der Waals surface area contributed by atoms with Crippen molar-refractivity contribution in [1.82, 2.24) is 20.9 Å². The lowest BCUT2D eigenvalue weighted by atomic mass is 9.75. The van der Waals surface area contributed by atoms with Gasteiger partial charge in [-0.25, -0.2) is 4.79 Å². The van der Waals surface area contributed by atoms with E-state index in [9.17, 15) is 29.7 Å². The van der Waals surface area contributed by atoms with E-state index in [1.54, 1.807) is 0 Å². The minimum atomic E-state index is -1.04. The van der Waals surface area contributed by atoms with Gasteiger partial charge in [0, 0.05) is 72.8 Å². The van der Waals surface area contributed by atoms with Crippen LogP contribution in [0.15, 0.2) is 34.9 Å². The average Bonchev–Trinajstić information content (AvgIpc) is 3.63. The Morgan fingerprint density at radius 3 is 2.23 bits per heavy atom. The van der Waals surface area contributed by atoms with Crippen LogP contribution in [0.25, 0.3) is 0 Å². The number of nitrogens with one attached hydrogen (secondary N) is 4. The van der Waals surface area contributed by atoms with Crippen LogP contribution in [-0.4, -0.2) is 74.5 Å². The van der Waals surface area contributed by atoms with Crippen LogP contribution in [0.5, 0.6) is 0 Å². The van der Waals surface area contributed by atoms with E-state index < -0.39 is 29.9 Å². The van der Waals surface area contributed by atoms with Gasteiger partial charge >= 0.3 is 17.9 Å². The van der Waals surface area contributed by atoms with E-state index in [0.29, 0.717) is 12.8 Å². The van der Waals surface area contributed by atoms with Crippen molar-refractivity contribution >= 4 is 17.9 Å². The number of hydrogen-bond donors (Lipinski definition) is 7. The predicted molar refractivity (Wildman–Crippen MR) is 168 cm³/mol. The molecule has 9 atom stereocenters. The molecule has 10 heteroatoms. The number of carbonyl (C=O) groups is 3. The maximum absolute atomic E-state index is 12.8. The van der Waals surface area contributed by atoms with Crippen molar-refractivity contribution in [3.63, 3.8) is 0 Å². The fraction of sp³-hybridized carbons (Fsp3) is 0.618. The van der Waals surface area contributed by atoms with Crippen LogP contribution in [0.4, 0.5) is 0 Å². The van der Waals surface area contributed by atoms with Crippen LogP contribution in [0, 0.1) is 24.7 Å². The first-order chi connectivity index (χ1) is 20.9. The first-order valence-corrected chi connectivity index (χ1v) is 16.0. The zero-order valence-electron chi connectivity index (χ0n) is 26.5. The molecule has 44 heavy (non-hydrogen) atoms. The molecule has 5 heterocycles. The molecule has 0 spiro atoms. The number of H-pyrrole nitrogens is 1. The van der Waals surface area contributed by atoms with Gasteiger partial charge in [0.2, 0.25) is 0 Å². The number of aliphatic carboxylic acids is 3. The summed E-state index contributed by atoms with van der Waals surface area (Å²) in [6.07, 6.45) is 5.01. The van der Waals surface area contributed by atoms with Crippen molar-refractivity contribution in [3.8, 4) is 0 Å². The second kappa shape index (κ2) is 12.7. The second-order valence-electron chi connectivity index (χ2n) is 13.4. The Balaban J connectivity index is 1.65. The highest BCUT2D eigenvalue weighted by molar-refractivity contribution is 5.90. The summed E-state index contributed by atoms with van der Waals surface area (Å²) < 4.78 is 0. The monoisotopic (exact) mass is 608 g/mol. The fourth-order valence-electron chi connectivity index (χ4n) is 8.90. The number of carboxylic acid groups (broad SMARTS) is 3. The Kier molecular flexibility index (Phi) is 9.26. The Morgan fingerprint density at radius 1 is 0.909 bits per heavy atom. The van der Waals surface area contributed by atoms with Crippen molar-refractivity contribution in [2.45, 2.75) is 116 Å². The van der Waals surface area contributed by atoms with Crippen molar-refractivity contribution in [2.24, 2.45) is 17.8 Å². The van der Waals surface area contributed by atoms with Crippen molar-refractivity contribution in [2.75, 3.05) is 0 Å². The molecule has 240 valence electrons. The van der Waals surface area contributed by atoms with Crippen LogP contribution < -0.4 is 16.0 Å². The van der Waals surface area contributed by atoms with Gasteiger partial charge in [0.25, 0.3) is 0 Å². The summed E-state index contributed by atoms with van der Waals surface area (Å²) in [6, 6.07) is -1.20. The van der Waals surface area contributed by atoms with Gasteiger partial charge < -0.3 is 36.3 Å². The number of aromatic nitrogens is 1. The van der Waals surface area contributed by atoms with E-state index in [4.69, 9.17) is 0 Å². The lowest BCUT2D eigenvalue weighted by molar-refractivity contribution is -0.140. The summed E-state index contributed by atoms with van der Waals surface area (Å²) in [5, 5.41) is 41.4. The number of aromatic amines is 1. The van der Waals surface area contributed by atoms with E-state index in [1.807, 2.05) is 13.0 Å². The molecule has 1 aromatic heterocycles. The minimum absolute atomic E-state index is 0.0127. The summed E-state index contributed by atoms with van der Waals surface area (Å²) in [7, 11) is 0. The summed E-state index contributed by atoms with van der Waals surface area (Å²) in [6.45, 7) is 14.5. The summed E-state index contributed by atoms with van der Waals surface area (Å²) in [4.78, 5) is 40.6. The van der Waals surface area contributed by atoms with Gasteiger partial charge in [-0.05, 0) is 74.1 Å². The molecule has 0 radical (unpaired) electrons. The summed E-state index contributed by atoms with van der Waals surface area (Å²) in [5.41, 5.74) is 8.09. The third kappa shape index (κ3) is 5.79. The molecule has 5 rings (SSSR count). The van der Waals surface area contributed by atoms with Crippen LogP contribution in [0.2, 0.25) is 0 Å². The molecule has 9 unspecified atom stereocenters. The molecule has 4 aliphatic rings. The fourth-order valence-corrected chi connectivity index (χ4v) is 8.90. The molecule has 1 fully saturated rings. The molecule has 1 aromatic rings. The summed E-state index contributed by atoms with van der Waals surface area (Å²) in [5.74, 6) is -3.60. The Bertz CT molecular complexity index is 1410. The number of carboxylic acids is 3. The van der Waals surface area contributed by atoms with Crippen LogP contribution in [0.3, 0.4) is 0 Å². The van der Waals surface area contributed by atoms with Gasteiger partial charge in [0.05, 0.1) is 12.0 Å². The van der Waals surface area contributed by atoms with Gasteiger partial charge in [-0.15, -0.1) is 0 Å². The molecular formula is C34H48N4O6. The van der Waals surface area contributed by atoms with Crippen LogP contribution >= 0.6 is 0 Å². The molecule has 8 bridgehead atoms. The van der Waals surface area contributed by atoms with E-state index in [-0.39, 0.29) is 60.5 Å². The molecule has 10 nitrogen and oxygen atoms in total. The second-order valence-corrected chi connectivity index (χ2v) is 13.4. The predicted octanol–water partition coefficient (Wildman–Crippen LogP) is 3.51. The Hall–Kier alpha value is -3.21. The lowest BCUT2D eigenvalue weighted by Crippen LogP contribution is -2.51. The van der Waals surface area contributed by atoms with Gasteiger partial charge in [0.15, 0.2) is 0 Å².